The average Bonchev–Trinajstić information content (AvgIpc) is 3.05. The Kier molecular flexibility index (Phi) is 8.97. The van der Waals surface area contributed by atoms with Crippen LogP contribution in [0.1, 0.15) is 75.8 Å². The van der Waals surface area contributed by atoms with Gasteiger partial charge in [0.05, 0.1) is 11.8 Å². The van der Waals surface area contributed by atoms with Gasteiger partial charge in [0.15, 0.2) is 0 Å². The number of rotatable bonds is 13. The summed E-state index contributed by atoms with van der Waals surface area (Å²) in [4.78, 5) is 24.7. The summed E-state index contributed by atoms with van der Waals surface area (Å²) in [6.45, 7) is 3.84. The summed E-state index contributed by atoms with van der Waals surface area (Å²) in [5.41, 5.74) is 1.35. The summed E-state index contributed by atoms with van der Waals surface area (Å²) < 4.78 is 0. The van der Waals surface area contributed by atoms with Crippen molar-refractivity contribution in [2.24, 2.45) is 5.41 Å². The third-order valence-electron chi connectivity index (χ3n) is 5.87. The fraction of sp³-hybridized carbons (Fsp3) is 0.652. The van der Waals surface area contributed by atoms with Crippen LogP contribution < -0.4 is 0 Å². The zero-order valence-electron chi connectivity index (χ0n) is 17.2. The number of likely N-dealkylation sites (tertiary alicyclic amines) is 1. The zero-order valence-corrected chi connectivity index (χ0v) is 17.2. The maximum absolute atomic E-state index is 11.6. The van der Waals surface area contributed by atoms with Gasteiger partial charge in [-0.1, -0.05) is 69.7 Å². The molecule has 0 radical (unpaired) electrons. The van der Waals surface area contributed by atoms with Crippen molar-refractivity contribution < 1.29 is 19.8 Å². The van der Waals surface area contributed by atoms with E-state index in [0.717, 1.165) is 12.0 Å². The predicted molar refractivity (Wildman–Crippen MR) is 110 cm³/mol. The van der Waals surface area contributed by atoms with E-state index in [4.69, 9.17) is 5.11 Å². The Bertz CT molecular complexity index is 628. The predicted octanol–water partition coefficient (Wildman–Crippen LogP) is 4.73. The third-order valence-corrected chi connectivity index (χ3v) is 5.87. The van der Waals surface area contributed by atoms with Gasteiger partial charge in [-0.05, 0) is 36.9 Å². The van der Waals surface area contributed by atoms with Crippen LogP contribution in [-0.2, 0) is 22.6 Å². The molecule has 0 bridgehead atoms. The molecule has 1 aliphatic heterocycles. The van der Waals surface area contributed by atoms with Gasteiger partial charge in [0, 0.05) is 13.1 Å². The van der Waals surface area contributed by atoms with E-state index in [1.807, 2.05) is 0 Å². The van der Waals surface area contributed by atoms with Crippen LogP contribution in [0.2, 0.25) is 0 Å². The van der Waals surface area contributed by atoms with Crippen molar-refractivity contribution in [1.29, 1.82) is 0 Å². The number of unbranched alkanes of at least 4 members (excludes halogenated alkanes) is 6. The Morgan fingerprint density at radius 2 is 1.57 bits per heavy atom. The molecule has 1 saturated heterocycles. The van der Waals surface area contributed by atoms with Crippen molar-refractivity contribution >= 4 is 11.9 Å². The maximum Gasteiger partial charge on any atom is 0.311 e. The van der Waals surface area contributed by atoms with Crippen LogP contribution >= 0.6 is 0 Å². The lowest BCUT2D eigenvalue weighted by Gasteiger charge is -2.23. The highest BCUT2D eigenvalue weighted by Gasteiger charge is 2.46. The molecule has 0 aromatic heterocycles. The Morgan fingerprint density at radius 3 is 2.18 bits per heavy atom. The number of carboxylic acids is 2. The van der Waals surface area contributed by atoms with Gasteiger partial charge < -0.3 is 10.2 Å². The molecular weight excluding hydrogens is 354 g/mol. The molecule has 1 aromatic carbocycles. The van der Waals surface area contributed by atoms with Crippen LogP contribution in [0, 0.1) is 5.41 Å². The molecule has 1 fully saturated rings. The number of aliphatic carboxylic acids is 2. The SMILES string of the molecule is CCCCCCCCCc1ccc(CN2CCC(CC(=O)O)(C(=O)O)C2)cc1. The molecule has 1 unspecified atom stereocenters. The van der Waals surface area contributed by atoms with E-state index in [0.29, 0.717) is 26.1 Å². The van der Waals surface area contributed by atoms with Crippen LogP contribution in [0.3, 0.4) is 0 Å². The highest BCUT2D eigenvalue weighted by atomic mass is 16.4. The molecule has 0 saturated carbocycles. The van der Waals surface area contributed by atoms with Gasteiger partial charge in [-0.2, -0.15) is 0 Å². The summed E-state index contributed by atoms with van der Waals surface area (Å²) in [7, 11) is 0. The molecule has 28 heavy (non-hydrogen) atoms. The monoisotopic (exact) mass is 389 g/mol. The normalized spacial score (nSPS) is 19.8. The lowest BCUT2D eigenvalue weighted by atomic mass is 9.84. The largest absolute Gasteiger partial charge is 0.481 e. The molecule has 2 N–H and O–H groups in total. The lowest BCUT2D eigenvalue weighted by molar-refractivity contribution is -0.155. The van der Waals surface area contributed by atoms with E-state index < -0.39 is 17.4 Å². The number of nitrogens with zero attached hydrogens (tertiary/aromatic N) is 1. The lowest BCUT2D eigenvalue weighted by Crippen LogP contribution is -2.36. The minimum absolute atomic E-state index is 0.300. The van der Waals surface area contributed by atoms with Gasteiger partial charge in [-0.25, -0.2) is 0 Å². The number of hydrogen-bond acceptors (Lipinski definition) is 3. The van der Waals surface area contributed by atoms with Crippen molar-refractivity contribution in [1.82, 2.24) is 4.90 Å². The van der Waals surface area contributed by atoms with Crippen molar-refractivity contribution in [3.8, 4) is 0 Å². The highest BCUT2D eigenvalue weighted by Crippen LogP contribution is 2.35. The van der Waals surface area contributed by atoms with Gasteiger partial charge in [0.1, 0.15) is 0 Å². The quantitative estimate of drug-likeness (QED) is 0.477. The van der Waals surface area contributed by atoms with E-state index in [1.165, 1.54) is 50.5 Å². The van der Waals surface area contributed by atoms with Crippen LogP contribution in [0.25, 0.3) is 0 Å². The second kappa shape index (κ2) is 11.2. The molecule has 1 heterocycles. The highest BCUT2D eigenvalue weighted by molar-refractivity contribution is 5.82. The average molecular weight is 390 g/mol. The molecule has 0 amide bonds. The minimum Gasteiger partial charge on any atom is -0.481 e. The van der Waals surface area contributed by atoms with Crippen LogP contribution in [0.15, 0.2) is 24.3 Å². The molecule has 156 valence electrons. The minimum atomic E-state index is -1.15. The van der Waals surface area contributed by atoms with Crippen molar-refractivity contribution in [2.45, 2.75) is 77.7 Å². The van der Waals surface area contributed by atoms with Gasteiger partial charge in [-0.15, -0.1) is 0 Å². The molecule has 1 aromatic rings. The number of carbonyl (C=O) groups is 2. The van der Waals surface area contributed by atoms with Crippen LogP contribution in [-0.4, -0.2) is 40.1 Å². The standard InChI is InChI=1S/C23H35NO4/c1-2-3-4-5-6-7-8-9-19-10-12-20(13-11-19)17-24-15-14-23(18-24,22(27)28)16-21(25)26/h10-13H,2-9,14-18H2,1H3,(H,25,26)(H,27,28). The Hall–Kier alpha value is -1.88. The van der Waals surface area contributed by atoms with Crippen molar-refractivity contribution in [2.75, 3.05) is 13.1 Å². The van der Waals surface area contributed by atoms with Crippen LogP contribution in [0.5, 0.6) is 0 Å². The van der Waals surface area contributed by atoms with Gasteiger partial charge in [0.2, 0.25) is 0 Å². The van der Waals surface area contributed by atoms with Crippen molar-refractivity contribution in [3.63, 3.8) is 0 Å². The third kappa shape index (κ3) is 6.93. The smallest absolute Gasteiger partial charge is 0.311 e. The van der Waals surface area contributed by atoms with Crippen molar-refractivity contribution in [3.05, 3.63) is 35.4 Å². The molecule has 0 spiro atoms. The molecule has 1 atom stereocenters. The van der Waals surface area contributed by atoms with E-state index in [1.54, 1.807) is 0 Å². The Balaban J connectivity index is 1.75. The summed E-state index contributed by atoms with van der Waals surface area (Å²) in [5, 5.41) is 18.6. The first-order valence-electron chi connectivity index (χ1n) is 10.7. The molecule has 2 rings (SSSR count). The number of hydrogen-bond donors (Lipinski definition) is 2. The molecule has 0 aliphatic carbocycles. The number of carboxylic acid groups (broad SMARTS) is 2. The zero-order chi connectivity index (χ0) is 20.4. The van der Waals surface area contributed by atoms with E-state index >= 15 is 0 Å². The molecule has 5 nitrogen and oxygen atoms in total. The number of benzene rings is 1. The first-order chi connectivity index (χ1) is 13.4. The topological polar surface area (TPSA) is 77.8 Å². The summed E-state index contributed by atoms with van der Waals surface area (Å²) >= 11 is 0. The fourth-order valence-electron chi connectivity index (χ4n) is 4.13. The Morgan fingerprint density at radius 1 is 0.964 bits per heavy atom. The first-order valence-corrected chi connectivity index (χ1v) is 10.7. The summed E-state index contributed by atoms with van der Waals surface area (Å²) in [6.07, 6.45) is 10.4. The molecule has 1 aliphatic rings. The molecule has 5 heteroatoms. The van der Waals surface area contributed by atoms with Gasteiger partial charge >= 0.3 is 11.9 Å². The summed E-state index contributed by atoms with van der Waals surface area (Å²) in [6, 6.07) is 8.58. The van der Waals surface area contributed by atoms with Crippen LogP contribution in [0.4, 0.5) is 0 Å². The fourth-order valence-corrected chi connectivity index (χ4v) is 4.13. The van der Waals surface area contributed by atoms with Gasteiger partial charge in [-0.3, -0.25) is 14.5 Å². The molecular formula is C23H35NO4. The first kappa shape index (κ1) is 22.4. The Labute approximate surface area is 168 Å². The van der Waals surface area contributed by atoms with E-state index in [-0.39, 0.29) is 6.42 Å². The summed E-state index contributed by atoms with van der Waals surface area (Å²) in [5.74, 6) is -2.04. The van der Waals surface area contributed by atoms with E-state index in [2.05, 4.69) is 36.1 Å². The second-order valence-electron chi connectivity index (χ2n) is 8.30. The van der Waals surface area contributed by atoms with Gasteiger partial charge in [0.25, 0.3) is 0 Å². The number of aryl methyl sites for hydroxylation is 1. The second-order valence-corrected chi connectivity index (χ2v) is 8.30. The maximum atomic E-state index is 11.6. The van der Waals surface area contributed by atoms with E-state index in [9.17, 15) is 14.7 Å².